The van der Waals surface area contributed by atoms with E-state index in [1.165, 1.54) is 44.4 Å². The number of nitrogens with zero attached hydrogens (tertiary/aromatic N) is 2. The van der Waals surface area contributed by atoms with Crippen LogP contribution in [0.25, 0.3) is 53.9 Å². The number of hydrogen-bond donors (Lipinski definition) is 2. The van der Waals surface area contributed by atoms with E-state index in [0.717, 1.165) is 9.47 Å². The highest BCUT2D eigenvalue weighted by Crippen LogP contribution is 2.44. The zero-order valence-electron chi connectivity index (χ0n) is 36.7. The Hall–Kier alpha value is -6.84. The Morgan fingerprint density at radius 2 is 1.30 bits per heavy atom. The van der Waals surface area contributed by atoms with Crippen LogP contribution < -0.4 is 46.8 Å². The van der Waals surface area contributed by atoms with Gasteiger partial charge in [-0.3, -0.25) is 33.6 Å². The minimum Gasteiger partial charge on any atom is -0.506 e. The molecule has 1 aliphatic rings. The SMILES string of the molecule is CCC(C)c1cc2c(=O)c3ccc4c(OC)c5c(=O)c6c(OC(C)C)ccc(OC(C)C)c6c(=O)c5c(O)c4c3c(=O)c2c(=O)n1CC(=O)N1CC(C(=O)OC(C)C)NC(=O)C1C. The van der Waals surface area contributed by atoms with Gasteiger partial charge in [0, 0.05) is 32.6 Å². The van der Waals surface area contributed by atoms with Gasteiger partial charge >= 0.3 is 5.97 Å². The van der Waals surface area contributed by atoms with Crippen LogP contribution in [0, 0.1) is 0 Å². The molecule has 2 amide bonds. The molecule has 0 aliphatic carbocycles. The summed E-state index contributed by atoms with van der Waals surface area (Å²) < 4.78 is 24.1. The van der Waals surface area contributed by atoms with E-state index < -0.39 is 110 Å². The average Bonchev–Trinajstić information content (AvgIpc) is 3.22. The van der Waals surface area contributed by atoms with Gasteiger partial charge in [-0.15, -0.1) is 0 Å². The number of amides is 2. The molecule has 16 heteroatoms. The highest BCUT2D eigenvalue weighted by Gasteiger charge is 2.39. The van der Waals surface area contributed by atoms with E-state index in [2.05, 4.69) is 5.32 Å². The standard InChI is InChI=1S/C47H49N3O13/c1-11-22(8)28-16-26-34(46(58)50(28)18-31(51)49-17-27(47(59)63-21(6)7)48-45(57)23(49)9)40(53)32-24(39(26)52)12-13-25-33(32)41(54)37-38(44(25)60-10)43(56)36-30(62-20(4)5)15-14-29(61-19(2)3)35(36)42(37)55/h12-16,19-23,27,54H,11,17-18H2,1-10H3,(H,48,57). The van der Waals surface area contributed by atoms with Crippen LogP contribution >= 0.6 is 0 Å². The average molecular weight is 864 g/mol. The summed E-state index contributed by atoms with van der Waals surface area (Å²) in [5, 5.41) is 12.0. The first-order valence-electron chi connectivity index (χ1n) is 20.9. The molecule has 1 fully saturated rings. The van der Waals surface area contributed by atoms with E-state index in [1.807, 2.05) is 6.92 Å². The van der Waals surface area contributed by atoms with Crippen molar-refractivity contribution in [1.82, 2.24) is 14.8 Å². The molecule has 2 heterocycles. The second-order valence-corrected chi connectivity index (χ2v) is 16.8. The molecule has 1 aliphatic heterocycles. The van der Waals surface area contributed by atoms with Gasteiger partial charge in [-0.25, -0.2) is 4.79 Å². The summed E-state index contributed by atoms with van der Waals surface area (Å²) in [6, 6.07) is 4.95. The molecule has 0 saturated carbocycles. The van der Waals surface area contributed by atoms with Crippen LogP contribution in [0.5, 0.6) is 23.0 Å². The second-order valence-electron chi connectivity index (χ2n) is 16.8. The van der Waals surface area contributed by atoms with Crippen LogP contribution in [0.15, 0.2) is 54.3 Å². The van der Waals surface area contributed by atoms with E-state index >= 15 is 0 Å². The summed E-state index contributed by atoms with van der Waals surface area (Å²) in [5.41, 5.74) is -4.00. The monoisotopic (exact) mass is 863 g/mol. The third-order valence-electron chi connectivity index (χ3n) is 11.6. The minimum atomic E-state index is -1.17. The predicted molar refractivity (Wildman–Crippen MR) is 238 cm³/mol. The summed E-state index contributed by atoms with van der Waals surface area (Å²) in [6.45, 7) is 14.4. The number of aromatic hydroxyl groups is 1. The van der Waals surface area contributed by atoms with Crippen molar-refractivity contribution in [1.29, 1.82) is 0 Å². The molecule has 3 unspecified atom stereocenters. The van der Waals surface area contributed by atoms with Crippen molar-refractivity contribution in [3.63, 3.8) is 0 Å². The van der Waals surface area contributed by atoms with Gasteiger partial charge in [-0.2, -0.15) is 0 Å². The Labute approximate surface area is 359 Å². The molecule has 1 aromatic heterocycles. The predicted octanol–water partition coefficient (Wildman–Crippen LogP) is 4.40. The lowest BCUT2D eigenvalue weighted by atomic mass is 9.91. The van der Waals surface area contributed by atoms with Gasteiger partial charge in [0.1, 0.15) is 41.6 Å². The molecule has 7 rings (SSSR count). The third kappa shape index (κ3) is 7.20. The van der Waals surface area contributed by atoms with Crippen molar-refractivity contribution in [2.45, 2.75) is 112 Å². The van der Waals surface area contributed by atoms with Crippen LogP contribution in [0.3, 0.4) is 0 Å². The molecule has 16 nitrogen and oxygen atoms in total. The second kappa shape index (κ2) is 16.5. The maximum atomic E-state index is 15.0. The number of fused-ring (bicyclic) bond motifs is 6. The number of ether oxygens (including phenoxy) is 4. The molecular weight excluding hydrogens is 815 g/mol. The summed E-state index contributed by atoms with van der Waals surface area (Å²) >= 11 is 0. The molecule has 330 valence electrons. The van der Waals surface area contributed by atoms with Gasteiger partial charge in [-0.1, -0.05) is 13.8 Å². The van der Waals surface area contributed by atoms with Crippen LogP contribution in [-0.4, -0.2) is 76.4 Å². The molecular formula is C47H49N3O13. The van der Waals surface area contributed by atoms with Crippen LogP contribution in [0.1, 0.15) is 80.3 Å². The largest absolute Gasteiger partial charge is 0.506 e. The van der Waals surface area contributed by atoms with Crippen LogP contribution in [-0.2, 0) is 25.7 Å². The zero-order chi connectivity index (χ0) is 46.1. The minimum absolute atomic E-state index is 0.00254. The lowest BCUT2D eigenvalue weighted by Crippen LogP contribution is -2.63. The van der Waals surface area contributed by atoms with Gasteiger partial charge in [0.2, 0.25) is 28.1 Å². The number of carbonyl (C=O) groups excluding carboxylic acids is 3. The van der Waals surface area contributed by atoms with Gasteiger partial charge in [0.25, 0.3) is 5.56 Å². The number of esters is 1. The number of benzene rings is 5. The molecule has 0 spiro atoms. The number of hydrogen-bond acceptors (Lipinski definition) is 13. The van der Waals surface area contributed by atoms with Crippen molar-refractivity contribution >= 4 is 71.6 Å². The summed E-state index contributed by atoms with van der Waals surface area (Å²) in [7, 11) is 1.25. The first kappa shape index (κ1) is 44.2. The fourth-order valence-corrected chi connectivity index (χ4v) is 8.51. The van der Waals surface area contributed by atoms with E-state index in [4.69, 9.17) is 18.9 Å². The van der Waals surface area contributed by atoms with Gasteiger partial charge in [0.15, 0.2) is 5.43 Å². The smallest absolute Gasteiger partial charge is 0.330 e. The number of pyridine rings is 1. The molecule has 1 saturated heterocycles. The lowest BCUT2D eigenvalue weighted by molar-refractivity contribution is -0.157. The number of carbonyl (C=O) groups is 3. The molecule has 3 atom stereocenters. The summed E-state index contributed by atoms with van der Waals surface area (Å²) in [5.74, 6) is -3.30. The zero-order valence-corrected chi connectivity index (χ0v) is 36.7. The number of nitrogens with one attached hydrogen (secondary N) is 1. The topological polar surface area (TPSA) is 214 Å². The Kier molecular flexibility index (Phi) is 11.6. The number of phenolic OH excluding ortho intramolecular Hbond substituents is 1. The van der Waals surface area contributed by atoms with Crippen LogP contribution in [0.4, 0.5) is 0 Å². The molecule has 0 radical (unpaired) electrons. The summed E-state index contributed by atoms with van der Waals surface area (Å²) in [4.78, 5) is 115. The number of aromatic nitrogens is 1. The first-order chi connectivity index (χ1) is 29.7. The maximum Gasteiger partial charge on any atom is 0.330 e. The first-order valence-corrected chi connectivity index (χ1v) is 20.9. The number of piperazine rings is 1. The molecule has 5 aromatic carbocycles. The Morgan fingerprint density at radius 3 is 1.86 bits per heavy atom. The fourth-order valence-electron chi connectivity index (χ4n) is 8.51. The number of rotatable bonds is 11. The molecule has 0 bridgehead atoms. The molecule has 2 N–H and O–H groups in total. The Morgan fingerprint density at radius 1 is 0.730 bits per heavy atom. The van der Waals surface area contributed by atoms with Gasteiger partial charge in [-0.05, 0) is 91.1 Å². The quantitative estimate of drug-likeness (QED) is 0.105. The van der Waals surface area contributed by atoms with Crippen molar-refractivity contribution < 1.29 is 38.4 Å². The van der Waals surface area contributed by atoms with Crippen molar-refractivity contribution in [3.8, 4) is 23.0 Å². The third-order valence-corrected chi connectivity index (χ3v) is 11.6. The van der Waals surface area contributed by atoms with Crippen molar-refractivity contribution in [3.05, 3.63) is 87.3 Å². The van der Waals surface area contributed by atoms with E-state index in [1.54, 1.807) is 48.5 Å². The highest BCUT2D eigenvalue weighted by atomic mass is 16.5. The fraction of sp³-hybridized carbons (Fsp3) is 0.404. The molecule has 63 heavy (non-hydrogen) atoms. The van der Waals surface area contributed by atoms with Crippen LogP contribution in [0.2, 0.25) is 0 Å². The van der Waals surface area contributed by atoms with E-state index in [9.17, 15) is 43.5 Å². The highest BCUT2D eigenvalue weighted by molar-refractivity contribution is 6.23. The maximum absolute atomic E-state index is 15.0. The van der Waals surface area contributed by atoms with E-state index in [0.29, 0.717) is 6.42 Å². The number of phenols is 1. The summed E-state index contributed by atoms with van der Waals surface area (Å²) in [6.07, 6.45) is -0.855. The number of methoxy groups -OCH3 is 1. The Bertz CT molecular complexity index is 3220. The van der Waals surface area contributed by atoms with Gasteiger partial charge < -0.3 is 38.8 Å². The normalized spacial score (nSPS) is 16.2. The van der Waals surface area contributed by atoms with E-state index in [-0.39, 0.29) is 67.2 Å². The van der Waals surface area contributed by atoms with Crippen molar-refractivity contribution in [2.75, 3.05) is 13.7 Å². The Balaban J connectivity index is 1.54. The molecule has 6 aromatic rings. The lowest BCUT2D eigenvalue weighted by Gasteiger charge is -2.37. The van der Waals surface area contributed by atoms with Gasteiger partial charge in [0.05, 0.1) is 58.9 Å². The van der Waals surface area contributed by atoms with Crippen molar-refractivity contribution in [2.24, 2.45) is 0 Å².